The lowest BCUT2D eigenvalue weighted by atomic mass is 10.1. The maximum absolute atomic E-state index is 12.6. The van der Waals surface area contributed by atoms with Gasteiger partial charge in [0, 0.05) is 35.7 Å². The molecule has 5 N–H and O–H groups in total. The van der Waals surface area contributed by atoms with Gasteiger partial charge in [0.2, 0.25) is 6.08 Å². The number of isocyanates is 1. The molecule has 0 atom stereocenters. The molecule has 4 aromatic carbocycles. The highest BCUT2D eigenvalue weighted by atomic mass is 16.5. The minimum atomic E-state index is -0.589. The number of amides is 5. The predicted molar refractivity (Wildman–Crippen MR) is 201 cm³/mol. The van der Waals surface area contributed by atoms with Gasteiger partial charge >= 0.3 is 24.1 Å². The molecule has 2 aliphatic rings. The lowest BCUT2D eigenvalue weighted by Crippen LogP contribution is -2.30. The summed E-state index contributed by atoms with van der Waals surface area (Å²) in [6, 6.07) is 22.0. The maximum Gasteiger partial charge on any atom is 0.411 e. The second-order valence-electron chi connectivity index (χ2n) is 12.7. The fraction of sp³-hybridized carbons (Fsp3) is 0.225. The molecule has 13 nitrogen and oxygen atoms in total. The second-order valence-corrected chi connectivity index (χ2v) is 12.7. The van der Waals surface area contributed by atoms with Gasteiger partial charge in [-0.25, -0.2) is 24.0 Å². The molecule has 5 amide bonds. The Labute approximate surface area is 305 Å². The van der Waals surface area contributed by atoms with E-state index in [4.69, 9.17) is 9.47 Å². The molecule has 13 heteroatoms. The number of carbonyl (C=O) groups is 4. The quantitative estimate of drug-likeness (QED) is 0.0277. The van der Waals surface area contributed by atoms with Crippen molar-refractivity contribution < 1.29 is 33.4 Å². The molecule has 0 saturated heterocycles. The van der Waals surface area contributed by atoms with Crippen molar-refractivity contribution in [3.63, 3.8) is 0 Å². The molecule has 0 bridgehead atoms. The van der Waals surface area contributed by atoms with Crippen LogP contribution in [0.15, 0.2) is 89.9 Å². The lowest BCUT2D eigenvalue weighted by Gasteiger charge is -2.11. The number of anilines is 3. The number of nitrogens with zero attached hydrogens (tertiary/aromatic N) is 1. The molecule has 0 saturated carbocycles. The summed E-state index contributed by atoms with van der Waals surface area (Å²) >= 11 is 0. The molecule has 0 fully saturated rings. The number of fused-ring (bicyclic) bond motifs is 6. The second kappa shape index (κ2) is 16.5. The zero-order chi connectivity index (χ0) is 37.3. The van der Waals surface area contributed by atoms with Crippen LogP contribution in [0.1, 0.15) is 42.0 Å². The van der Waals surface area contributed by atoms with Crippen molar-refractivity contribution in [3.05, 3.63) is 107 Å². The van der Waals surface area contributed by atoms with Crippen LogP contribution in [0.25, 0.3) is 22.3 Å². The van der Waals surface area contributed by atoms with Crippen molar-refractivity contribution in [2.75, 3.05) is 42.3 Å². The monoisotopic (exact) mass is 714 g/mol. The zero-order valence-corrected chi connectivity index (χ0v) is 29.1. The summed E-state index contributed by atoms with van der Waals surface area (Å²) in [4.78, 5) is 63.0. The van der Waals surface area contributed by atoms with Crippen LogP contribution in [-0.4, -0.2) is 56.5 Å². The molecule has 0 unspecified atom stereocenters. The maximum atomic E-state index is 12.6. The molecule has 2 aliphatic carbocycles. The van der Waals surface area contributed by atoms with E-state index in [0.717, 1.165) is 44.5 Å². The first kappa shape index (κ1) is 36.1. The van der Waals surface area contributed by atoms with Crippen molar-refractivity contribution in [2.24, 2.45) is 4.99 Å². The number of esters is 1. The number of nitrogens with one attached hydrogen (secondary N) is 5. The summed E-state index contributed by atoms with van der Waals surface area (Å²) in [5.41, 5.74) is 11.3. The van der Waals surface area contributed by atoms with E-state index in [1.165, 1.54) is 0 Å². The van der Waals surface area contributed by atoms with Crippen molar-refractivity contribution in [2.45, 2.75) is 32.6 Å². The SMILES string of the molecule is C=C(C)C(=O)OCCCNC(=O)Nc1ccc2c(c1)Cc1cc(NC(=O)NCCCOC(=O)Nc3ccc4c(c3)Cc3cc(N=C=O)ccc3-4)ccc1-2. The lowest BCUT2D eigenvalue weighted by molar-refractivity contribution is -0.138. The Morgan fingerprint density at radius 2 is 1.11 bits per heavy atom. The highest BCUT2D eigenvalue weighted by Crippen LogP contribution is 2.40. The van der Waals surface area contributed by atoms with Gasteiger partial charge in [0.25, 0.3) is 0 Å². The van der Waals surface area contributed by atoms with E-state index in [9.17, 15) is 24.0 Å². The minimum Gasteiger partial charge on any atom is -0.462 e. The molecule has 6 rings (SSSR count). The predicted octanol–water partition coefficient (Wildman–Crippen LogP) is 7.19. The van der Waals surface area contributed by atoms with E-state index in [1.807, 2.05) is 66.7 Å². The summed E-state index contributed by atoms with van der Waals surface area (Å²) in [6.45, 7) is 6.06. The summed E-state index contributed by atoms with van der Waals surface area (Å²) in [5.74, 6) is -0.452. The van der Waals surface area contributed by atoms with Gasteiger partial charge in [0.15, 0.2) is 0 Å². The van der Waals surface area contributed by atoms with E-state index in [1.54, 1.807) is 19.1 Å². The number of ether oxygens (including phenoxy) is 2. The fourth-order valence-electron chi connectivity index (χ4n) is 6.27. The Hall–Kier alpha value is -6.72. The Bertz CT molecular complexity index is 2160. The number of benzene rings is 4. The molecule has 0 spiro atoms. The number of hydrogen-bond acceptors (Lipinski definition) is 8. The molecular formula is C40H38N6O7. The molecular weight excluding hydrogens is 676 g/mol. The number of urea groups is 2. The van der Waals surface area contributed by atoms with E-state index < -0.39 is 12.1 Å². The third kappa shape index (κ3) is 9.15. The number of carbonyl (C=O) groups excluding carboxylic acids is 5. The molecule has 270 valence electrons. The Morgan fingerprint density at radius 3 is 1.60 bits per heavy atom. The first-order valence-corrected chi connectivity index (χ1v) is 17.1. The van der Waals surface area contributed by atoms with Crippen LogP contribution in [0.5, 0.6) is 0 Å². The molecule has 0 heterocycles. The van der Waals surface area contributed by atoms with Gasteiger partial charge in [0.05, 0.1) is 18.9 Å². The smallest absolute Gasteiger partial charge is 0.411 e. The number of hydrogen-bond donors (Lipinski definition) is 5. The van der Waals surface area contributed by atoms with Gasteiger partial charge in [-0.2, -0.15) is 4.99 Å². The van der Waals surface area contributed by atoms with Crippen LogP contribution in [-0.2, 0) is 31.9 Å². The summed E-state index contributed by atoms with van der Waals surface area (Å²) in [5, 5.41) is 14.0. The Kier molecular flexibility index (Phi) is 11.3. The van der Waals surface area contributed by atoms with Crippen molar-refractivity contribution in [1.82, 2.24) is 10.6 Å². The summed E-state index contributed by atoms with van der Waals surface area (Å²) in [6.07, 6.45) is 3.18. The third-order valence-corrected chi connectivity index (χ3v) is 8.71. The van der Waals surface area contributed by atoms with Crippen molar-refractivity contribution in [3.8, 4) is 22.3 Å². The zero-order valence-electron chi connectivity index (χ0n) is 29.1. The van der Waals surface area contributed by atoms with Crippen molar-refractivity contribution in [1.29, 1.82) is 0 Å². The van der Waals surface area contributed by atoms with Crippen LogP contribution in [0, 0.1) is 0 Å². The summed E-state index contributed by atoms with van der Waals surface area (Å²) in [7, 11) is 0. The van der Waals surface area contributed by atoms with E-state index >= 15 is 0 Å². The minimum absolute atomic E-state index is 0.116. The average Bonchev–Trinajstić information content (AvgIpc) is 3.67. The largest absolute Gasteiger partial charge is 0.462 e. The Morgan fingerprint density at radius 1 is 0.660 bits per heavy atom. The van der Waals surface area contributed by atoms with Crippen LogP contribution < -0.4 is 26.6 Å². The Balaban J connectivity index is 0.884. The fourth-order valence-corrected chi connectivity index (χ4v) is 6.27. The molecule has 53 heavy (non-hydrogen) atoms. The van der Waals surface area contributed by atoms with Gasteiger partial charge < -0.3 is 30.7 Å². The van der Waals surface area contributed by atoms with Gasteiger partial charge in [-0.15, -0.1) is 0 Å². The van der Waals surface area contributed by atoms with E-state index in [0.29, 0.717) is 67.1 Å². The highest BCUT2D eigenvalue weighted by molar-refractivity contribution is 5.92. The van der Waals surface area contributed by atoms with Crippen molar-refractivity contribution >= 4 is 53.0 Å². The van der Waals surface area contributed by atoms with Crippen LogP contribution in [0.2, 0.25) is 0 Å². The van der Waals surface area contributed by atoms with Gasteiger partial charge in [0.1, 0.15) is 0 Å². The van der Waals surface area contributed by atoms with Crippen LogP contribution >= 0.6 is 0 Å². The van der Waals surface area contributed by atoms with E-state index in [-0.39, 0.29) is 25.3 Å². The van der Waals surface area contributed by atoms with E-state index in [2.05, 4.69) is 38.2 Å². The van der Waals surface area contributed by atoms with Gasteiger partial charge in [-0.1, -0.05) is 30.8 Å². The molecule has 0 aromatic heterocycles. The number of aliphatic imine (C=N–C) groups is 1. The highest BCUT2D eigenvalue weighted by Gasteiger charge is 2.21. The first-order valence-electron chi connectivity index (χ1n) is 17.1. The van der Waals surface area contributed by atoms with Crippen LogP contribution in [0.3, 0.4) is 0 Å². The van der Waals surface area contributed by atoms with Gasteiger partial charge in [-0.05, 0) is 126 Å². The molecule has 0 aliphatic heterocycles. The normalized spacial score (nSPS) is 11.4. The first-order chi connectivity index (χ1) is 25.7. The van der Waals surface area contributed by atoms with Crippen LogP contribution in [0.4, 0.5) is 37.1 Å². The number of rotatable bonds is 13. The average molecular weight is 715 g/mol. The third-order valence-electron chi connectivity index (χ3n) is 8.71. The topological polar surface area (TPSA) is 176 Å². The van der Waals surface area contributed by atoms with Gasteiger partial charge in [-0.3, -0.25) is 5.32 Å². The standard InChI is InChI=1S/C40H38N6O7/c1-24(2)37(48)52-15-3-13-41-38(49)44-30-6-10-34-26(20-30)18-27-21-31(7-11-35(27)34)45-39(50)42-14-4-16-53-40(51)46-32-8-12-36-28(22-32)17-25-19-29(43-23-47)5-9-33(25)36/h5-12,19-22H,1,3-4,13-18H2,2H3,(H,46,51)(H2,41,44,49)(H2,42,45,50). The molecule has 4 aromatic rings. The summed E-state index contributed by atoms with van der Waals surface area (Å²) < 4.78 is 10.3. The molecule has 0 radical (unpaired) electrons.